The average Bonchev–Trinajstić information content (AvgIpc) is 2.62. The summed E-state index contributed by atoms with van der Waals surface area (Å²) < 4.78 is 1.81. The van der Waals surface area contributed by atoms with E-state index in [1.54, 1.807) is 4.57 Å². The van der Waals surface area contributed by atoms with E-state index in [-0.39, 0.29) is 11.6 Å². The first-order valence-electron chi connectivity index (χ1n) is 9.60. The van der Waals surface area contributed by atoms with Crippen molar-refractivity contribution in [1.29, 1.82) is 0 Å². The van der Waals surface area contributed by atoms with Crippen LogP contribution in [0, 0.1) is 13.8 Å². The zero-order valence-corrected chi connectivity index (χ0v) is 16.9. The molecule has 2 aromatic carbocycles. The second-order valence-electron chi connectivity index (χ2n) is 7.69. The van der Waals surface area contributed by atoms with Crippen molar-refractivity contribution < 1.29 is 10.2 Å². The number of quaternary nitrogens is 2. The Hall–Kier alpha value is -2.50. The van der Waals surface area contributed by atoms with Gasteiger partial charge in [-0.1, -0.05) is 29.8 Å². The normalized spacial score (nSPS) is 12.7. The molecule has 0 amide bonds. The summed E-state index contributed by atoms with van der Waals surface area (Å²) in [5.41, 5.74) is 3.95. The first-order valence-corrected chi connectivity index (χ1v) is 9.60. The highest BCUT2D eigenvalue weighted by molar-refractivity contribution is 5.78. The molecule has 0 bridgehead atoms. The number of para-hydroxylation sites is 1. The number of nitrogens with two attached hydrogens (primary N) is 1. The van der Waals surface area contributed by atoms with E-state index in [4.69, 9.17) is 4.98 Å². The molecule has 27 heavy (non-hydrogen) atoms. The fourth-order valence-electron chi connectivity index (χ4n) is 3.47. The highest BCUT2D eigenvalue weighted by atomic mass is 16.1. The number of aryl methyl sites for hydroxylation is 2. The van der Waals surface area contributed by atoms with Gasteiger partial charge in [0.2, 0.25) is 0 Å². The van der Waals surface area contributed by atoms with E-state index in [1.165, 1.54) is 10.5 Å². The highest BCUT2D eigenvalue weighted by Gasteiger charge is 2.21. The molecule has 0 aliphatic carbocycles. The Morgan fingerprint density at radius 1 is 1.15 bits per heavy atom. The lowest BCUT2D eigenvalue weighted by molar-refractivity contribution is -0.877. The average molecular weight is 367 g/mol. The van der Waals surface area contributed by atoms with Crippen molar-refractivity contribution in [3.63, 3.8) is 0 Å². The fourth-order valence-corrected chi connectivity index (χ4v) is 3.47. The molecular formula is C22H30N4O+2. The molecule has 3 rings (SSSR count). The van der Waals surface area contributed by atoms with Crippen LogP contribution in [0.25, 0.3) is 16.6 Å². The lowest BCUT2D eigenvalue weighted by Crippen LogP contribution is -3.09. The van der Waals surface area contributed by atoms with Crippen LogP contribution in [-0.4, -0.2) is 36.7 Å². The Balaban J connectivity index is 2.17. The maximum atomic E-state index is 13.4. The van der Waals surface area contributed by atoms with Crippen LogP contribution in [0.2, 0.25) is 0 Å². The van der Waals surface area contributed by atoms with Gasteiger partial charge < -0.3 is 10.2 Å². The van der Waals surface area contributed by atoms with Crippen molar-refractivity contribution >= 4 is 10.9 Å². The zero-order chi connectivity index (χ0) is 19.6. The summed E-state index contributed by atoms with van der Waals surface area (Å²) in [6.07, 6.45) is 0. The predicted octanol–water partition coefficient (Wildman–Crippen LogP) is 0.771. The van der Waals surface area contributed by atoms with Crippen molar-refractivity contribution in [2.75, 3.05) is 27.2 Å². The molecule has 0 radical (unpaired) electrons. The van der Waals surface area contributed by atoms with Crippen LogP contribution in [0.15, 0.2) is 47.3 Å². The molecule has 5 heteroatoms. The van der Waals surface area contributed by atoms with Crippen molar-refractivity contribution in [1.82, 2.24) is 9.55 Å². The molecule has 3 N–H and O–H groups in total. The molecule has 0 fully saturated rings. The number of nitrogens with one attached hydrogen (secondary N) is 1. The van der Waals surface area contributed by atoms with Gasteiger partial charge in [-0.15, -0.1) is 0 Å². The van der Waals surface area contributed by atoms with Gasteiger partial charge in [0.25, 0.3) is 5.56 Å². The third kappa shape index (κ3) is 4.10. The van der Waals surface area contributed by atoms with Crippen molar-refractivity contribution in [3.8, 4) is 5.69 Å². The largest absolute Gasteiger partial charge is 0.335 e. The minimum absolute atomic E-state index is 0.000961. The SMILES string of the molecule is Cc1ccc(-n2c([C@H](C)[NH2+]CC[NH+](C)C)nc3ccccc3c2=O)c(C)c1. The highest BCUT2D eigenvalue weighted by Crippen LogP contribution is 2.19. The summed E-state index contributed by atoms with van der Waals surface area (Å²) in [7, 11) is 4.30. The van der Waals surface area contributed by atoms with Gasteiger partial charge in [0.05, 0.1) is 30.7 Å². The molecule has 142 valence electrons. The maximum Gasteiger partial charge on any atom is 0.266 e. The third-order valence-corrected chi connectivity index (χ3v) is 4.97. The standard InChI is InChI=1S/C22H28N4O/c1-15-10-11-20(16(2)14-15)26-21(17(3)23-12-13-25(4)5)24-19-9-7-6-8-18(19)22(26)27/h6-11,14,17,23H,12-13H2,1-5H3/p+2/t17-/m0/s1. The van der Waals surface area contributed by atoms with E-state index >= 15 is 0 Å². The number of nitrogens with zero attached hydrogens (tertiary/aromatic N) is 2. The lowest BCUT2D eigenvalue weighted by Gasteiger charge is -2.19. The smallest absolute Gasteiger partial charge is 0.266 e. The summed E-state index contributed by atoms with van der Waals surface area (Å²) in [4.78, 5) is 19.7. The van der Waals surface area contributed by atoms with Gasteiger partial charge in [-0.05, 0) is 44.5 Å². The maximum absolute atomic E-state index is 13.4. The molecule has 0 saturated carbocycles. The van der Waals surface area contributed by atoms with E-state index < -0.39 is 0 Å². The van der Waals surface area contributed by atoms with Crippen molar-refractivity contribution in [3.05, 3.63) is 69.8 Å². The predicted molar refractivity (Wildman–Crippen MR) is 110 cm³/mol. The van der Waals surface area contributed by atoms with Gasteiger partial charge in [-0.25, -0.2) is 4.98 Å². The van der Waals surface area contributed by atoms with Gasteiger partial charge in [-0.2, -0.15) is 0 Å². The van der Waals surface area contributed by atoms with Gasteiger partial charge in [0, 0.05) is 0 Å². The lowest BCUT2D eigenvalue weighted by atomic mass is 10.1. The van der Waals surface area contributed by atoms with Gasteiger partial charge in [-0.3, -0.25) is 9.36 Å². The Morgan fingerprint density at radius 2 is 1.89 bits per heavy atom. The first kappa shape index (κ1) is 19.3. The second-order valence-corrected chi connectivity index (χ2v) is 7.69. The molecule has 0 aliphatic rings. The van der Waals surface area contributed by atoms with Gasteiger partial charge >= 0.3 is 0 Å². The Morgan fingerprint density at radius 3 is 2.59 bits per heavy atom. The molecule has 0 aliphatic heterocycles. The minimum atomic E-state index is 0.000961. The van der Waals surface area contributed by atoms with Crippen molar-refractivity contribution in [2.45, 2.75) is 26.8 Å². The summed E-state index contributed by atoms with van der Waals surface area (Å²) in [6.45, 7) is 8.29. The van der Waals surface area contributed by atoms with Gasteiger partial charge in [0.1, 0.15) is 19.1 Å². The van der Waals surface area contributed by atoms with Crippen LogP contribution in [0.5, 0.6) is 0 Å². The number of hydrogen-bond donors (Lipinski definition) is 2. The number of aromatic nitrogens is 2. The summed E-state index contributed by atoms with van der Waals surface area (Å²) >= 11 is 0. The molecule has 1 heterocycles. The Kier molecular flexibility index (Phi) is 5.73. The first-order chi connectivity index (χ1) is 12.9. The molecule has 3 aromatic rings. The second kappa shape index (κ2) is 8.03. The molecule has 0 saturated heterocycles. The minimum Gasteiger partial charge on any atom is -0.335 e. The van der Waals surface area contributed by atoms with Crippen LogP contribution in [0.3, 0.4) is 0 Å². The molecule has 0 unspecified atom stereocenters. The van der Waals surface area contributed by atoms with Crippen LogP contribution in [0.4, 0.5) is 0 Å². The molecular weight excluding hydrogens is 336 g/mol. The van der Waals surface area contributed by atoms with Crippen molar-refractivity contribution in [2.24, 2.45) is 0 Å². The number of rotatable bonds is 6. The molecule has 1 aromatic heterocycles. The zero-order valence-electron chi connectivity index (χ0n) is 16.9. The molecule has 1 atom stereocenters. The van der Waals surface area contributed by atoms with E-state index in [0.717, 1.165) is 35.7 Å². The van der Waals surface area contributed by atoms with E-state index in [1.807, 2.05) is 30.3 Å². The fraction of sp³-hybridized carbons (Fsp3) is 0.364. The van der Waals surface area contributed by atoms with E-state index in [0.29, 0.717) is 5.39 Å². The summed E-state index contributed by atoms with van der Waals surface area (Å²) in [5.74, 6) is 0.805. The van der Waals surface area contributed by atoms with Crippen LogP contribution in [0.1, 0.15) is 29.9 Å². The quantitative estimate of drug-likeness (QED) is 0.677. The van der Waals surface area contributed by atoms with E-state index in [9.17, 15) is 4.79 Å². The number of likely N-dealkylation sites (N-methyl/N-ethyl adjacent to an activating group) is 1. The summed E-state index contributed by atoms with van der Waals surface area (Å²) in [6, 6.07) is 13.9. The summed E-state index contributed by atoms with van der Waals surface area (Å²) in [5, 5.41) is 2.93. The van der Waals surface area contributed by atoms with Gasteiger partial charge in [0.15, 0.2) is 5.82 Å². The van der Waals surface area contributed by atoms with Crippen LogP contribution in [-0.2, 0) is 0 Å². The Labute approximate surface area is 160 Å². The number of benzene rings is 2. The monoisotopic (exact) mass is 366 g/mol. The topological polar surface area (TPSA) is 55.9 Å². The Bertz CT molecular complexity index is 1010. The third-order valence-electron chi connectivity index (χ3n) is 4.97. The van der Waals surface area contributed by atoms with Crippen LogP contribution >= 0.6 is 0 Å². The van der Waals surface area contributed by atoms with E-state index in [2.05, 4.69) is 52.3 Å². The number of fused-ring (bicyclic) bond motifs is 1. The molecule has 0 spiro atoms. The van der Waals surface area contributed by atoms with Crippen LogP contribution < -0.4 is 15.8 Å². The molecule has 5 nitrogen and oxygen atoms in total. The number of hydrogen-bond acceptors (Lipinski definition) is 2.